The summed E-state index contributed by atoms with van der Waals surface area (Å²) in [7, 11) is 0. The Kier molecular flexibility index (Phi) is 6.59. The van der Waals surface area contributed by atoms with E-state index < -0.39 is 0 Å². The Hall–Kier alpha value is -1.88. The number of nitrogens with one attached hydrogen (secondary N) is 1. The molecule has 7 heteroatoms. The van der Waals surface area contributed by atoms with E-state index in [4.69, 9.17) is 4.42 Å². The molecule has 138 valence electrons. The molecule has 1 aromatic rings. The highest BCUT2D eigenvalue weighted by atomic mass is 16.4. The van der Waals surface area contributed by atoms with Crippen molar-refractivity contribution in [1.29, 1.82) is 5.26 Å². The lowest BCUT2D eigenvalue weighted by Gasteiger charge is -2.40. The monoisotopic (exact) mass is 348 g/mol. The fraction of sp³-hybridized carbons (Fsp3) is 0.667. The summed E-state index contributed by atoms with van der Waals surface area (Å²) >= 11 is 0. The Morgan fingerprint density at radius 2 is 1.92 bits per heavy atom. The van der Waals surface area contributed by atoms with E-state index in [1.54, 1.807) is 13.8 Å². The van der Waals surface area contributed by atoms with Gasteiger partial charge in [-0.15, -0.1) is 0 Å². The van der Waals surface area contributed by atoms with Crippen molar-refractivity contribution in [3.05, 3.63) is 16.9 Å². The van der Waals surface area contributed by atoms with E-state index in [1.807, 2.05) is 6.92 Å². The third kappa shape index (κ3) is 4.21. The molecule has 2 N–H and O–H groups in total. The minimum absolute atomic E-state index is 0.167. The number of hydrogen-bond acceptors (Lipinski definition) is 6. The molecule has 0 aliphatic carbocycles. The van der Waals surface area contributed by atoms with Gasteiger partial charge in [0.2, 0.25) is 11.8 Å². The number of nitriles is 1. The summed E-state index contributed by atoms with van der Waals surface area (Å²) in [6, 6.07) is 1.97. The van der Waals surface area contributed by atoms with Gasteiger partial charge in [0.15, 0.2) is 0 Å². The highest BCUT2D eigenvalue weighted by molar-refractivity contribution is 5.94. The molecule has 2 unspecified atom stereocenters. The zero-order valence-corrected chi connectivity index (χ0v) is 15.5. The summed E-state index contributed by atoms with van der Waals surface area (Å²) in [5.74, 6) is 0.704. The standard InChI is InChI=1S/C18H28N4O3/c1-5-15(11-23)22-8-6-21(7-9-22)13(3)17(24)20-18-16(10-19)12(2)14(4)25-18/h13,15,23H,5-9,11H2,1-4H3,(H,20,24). The average molecular weight is 348 g/mol. The number of carbonyl (C=O) groups is 1. The van der Waals surface area contributed by atoms with Crippen LogP contribution in [0.3, 0.4) is 0 Å². The van der Waals surface area contributed by atoms with E-state index in [-0.39, 0.29) is 30.5 Å². The van der Waals surface area contributed by atoms with Crippen LogP contribution < -0.4 is 5.32 Å². The van der Waals surface area contributed by atoms with Gasteiger partial charge in [0.25, 0.3) is 0 Å². The van der Waals surface area contributed by atoms with Crippen LogP contribution >= 0.6 is 0 Å². The largest absolute Gasteiger partial charge is 0.444 e. The lowest BCUT2D eigenvalue weighted by molar-refractivity contribution is -0.121. The molecule has 7 nitrogen and oxygen atoms in total. The van der Waals surface area contributed by atoms with E-state index in [9.17, 15) is 15.2 Å². The van der Waals surface area contributed by atoms with Gasteiger partial charge in [0.1, 0.15) is 17.4 Å². The predicted molar refractivity (Wildman–Crippen MR) is 95.3 cm³/mol. The molecule has 1 aromatic heterocycles. The molecular formula is C18H28N4O3. The summed E-state index contributed by atoms with van der Waals surface area (Å²) in [4.78, 5) is 16.9. The number of amides is 1. The number of hydrogen-bond donors (Lipinski definition) is 2. The van der Waals surface area contributed by atoms with Crippen LogP contribution in [0.15, 0.2) is 4.42 Å². The second-order valence-electron chi connectivity index (χ2n) is 6.58. The van der Waals surface area contributed by atoms with Crippen LogP contribution in [-0.4, -0.2) is 65.7 Å². The van der Waals surface area contributed by atoms with Gasteiger partial charge in [-0.05, 0) is 27.2 Å². The summed E-state index contributed by atoms with van der Waals surface area (Å²) in [5, 5.41) is 21.4. The number of aliphatic hydroxyl groups excluding tert-OH is 1. The number of aryl methyl sites for hydroxylation is 1. The lowest BCUT2D eigenvalue weighted by atomic mass is 10.1. The van der Waals surface area contributed by atoms with Gasteiger partial charge in [0, 0.05) is 37.8 Å². The van der Waals surface area contributed by atoms with Gasteiger partial charge < -0.3 is 9.52 Å². The Labute approximate surface area is 149 Å². The highest BCUT2D eigenvalue weighted by Crippen LogP contribution is 2.25. The predicted octanol–water partition coefficient (Wildman–Crippen LogP) is 1.48. The summed E-state index contributed by atoms with van der Waals surface area (Å²) < 4.78 is 5.51. The third-order valence-corrected chi connectivity index (χ3v) is 5.21. The minimum atomic E-state index is -0.311. The molecule has 0 aromatic carbocycles. The second-order valence-corrected chi connectivity index (χ2v) is 6.58. The van der Waals surface area contributed by atoms with Crippen LogP contribution in [0.25, 0.3) is 0 Å². The van der Waals surface area contributed by atoms with E-state index in [0.29, 0.717) is 11.3 Å². The van der Waals surface area contributed by atoms with Crippen LogP contribution in [0, 0.1) is 25.2 Å². The van der Waals surface area contributed by atoms with Gasteiger partial charge in [-0.2, -0.15) is 5.26 Å². The van der Waals surface area contributed by atoms with Crippen molar-refractivity contribution in [3.8, 4) is 6.07 Å². The van der Waals surface area contributed by atoms with Gasteiger partial charge in [-0.25, -0.2) is 0 Å². The molecule has 1 aliphatic rings. The first kappa shape index (κ1) is 19.4. The molecule has 0 spiro atoms. The second kappa shape index (κ2) is 8.48. The SMILES string of the molecule is CCC(CO)N1CCN(C(C)C(=O)Nc2oc(C)c(C)c2C#N)CC1. The summed E-state index contributed by atoms with van der Waals surface area (Å²) in [6.45, 7) is 10.9. The Bertz CT molecular complexity index is 637. The van der Waals surface area contributed by atoms with Gasteiger partial charge >= 0.3 is 0 Å². The first-order valence-corrected chi connectivity index (χ1v) is 8.82. The Morgan fingerprint density at radius 1 is 1.32 bits per heavy atom. The average Bonchev–Trinajstić information content (AvgIpc) is 2.89. The van der Waals surface area contributed by atoms with Crippen molar-refractivity contribution in [3.63, 3.8) is 0 Å². The van der Waals surface area contributed by atoms with E-state index in [2.05, 4.69) is 28.1 Å². The van der Waals surface area contributed by atoms with Crippen LogP contribution in [0.2, 0.25) is 0 Å². The zero-order chi connectivity index (χ0) is 18.6. The number of carbonyl (C=O) groups excluding carboxylic acids is 1. The quantitative estimate of drug-likeness (QED) is 0.809. The topological polar surface area (TPSA) is 92.7 Å². The van der Waals surface area contributed by atoms with Gasteiger partial charge in [-0.3, -0.25) is 19.9 Å². The van der Waals surface area contributed by atoms with Crippen LogP contribution in [0.5, 0.6) is 0 Å². The van der Waals surface area contributed by atoms with Crippen LogP contribution in [0.4, 0.5) is 5.88 Å². The number of anilines is 1. The van der Waals surface area contributed by atoms with Crippen molar-refractivity contribution in [2.75, 3.05) is 38.1 Å². The van der Waals surface area contributed by atoms with E-state index >= 15 is 0 Å². The number of rotatable bonds is 6. The molecule has 0 radical (unpaired) electrons. The summed E-state index contributed by atoms with van der Waals surface area (Å²) in [5.41, 5.74) is 1.14. The van der Waals surface area contributed by atoms with Crippen molar-refractivity contribution in [1.82, 2.24) is 9.80 Å². The first-order chi connectivity index (χ1) is 11.9. The third-order valence-electron chi connectivity index (χ3n) is 5.21. The molecule has 25 heavy (non-hydrogen) atoms. The number of furan rings is 1. The number of aliphatic hydroxyl groups is 1. The molecule has 2 atom stereocenters. The highest BCUT2D eigenvalue weighted by Gasteiger charge is 2.29. The molecule has 2 heterocycles. The minimum Gasteiger partial charge on any atom is -0.444 e. The molecule has 1 aliphatic heterocycles. The molecule has 1 amide bonds. The number of nitrogens with zero attached hydrogens (tertiary/aromatic N) is 3. The molecule has 1 saturated heterocycles. The molecule has 0 bridgehead atoms. The van der Waals surface area contributed by atoms with Crippen molar-refractivity contribution >= 4 is 11.8 Å². The first-order valence-electron chi connectivity index (χ1n) is 8.82. The molecule has 2 rings (SSSR count). The van der Waals surface area contributed by atoms with Crippen LogP contribution in [0.1, 0.15) is 37.2 Å². The number of piperazine rings is 1. The fourth-order valence-corrected chi connectivity index (χ4v) is 3.22. The van der Waals surface area contributed by atoms with Crippen molar-refractivity contribution in [2.45, 2.75) is 46.2 Å². The Balaban J connectivity index is 1.96. The molecular weight excluding hydrogens is 320 g/mol. The maximum Gasteiger partial charge on any atom is 0.243 e. The van der Waals surface area contributed by atoms with Crippen molar-refractivity contribution in [2.24, 2.45) is 0 Å². The maximum absolute atomic E-state index is 12.6. The molecule has 1 fully saturated rings. The van der Waals surface area contributed by atoms with Crippen molar-refractivity contribution < 1.29 is 14.3 Å². The normalized spacial score (nSPS) is 18.6. The van der Waals surface area contributed by atoms with Crippen LogP contribution in [-0.2, 0) is 4.79 Å². The maximum atomic E-state index is 12.6. The summed E-state index contributed by atoms with van der Waals surface area (Å²) in [6.07, 6.45) is 0.917. The van der Waals surface area contributed by atoms with Gasteiger partial charge in [-0.1, -0.05) is 6.92 Å². The lowest BCUT2D eigenvalue weighted by Crippen LogP contribution is -2.55. The Morgan fingerprint density at radius 3 is 2.44 bits per heavy atom. The van der Waals surface area contributed by atoms with E-state index in [1.165, 1.54) is 0 Å². The van der Waals surface area contributed by atoms with E-state index in [0.717, 1.165) is 38.2 Å². The fourth-order valence-electron chi connectivity index (χ4n) is 3.22. The van der Waals surface area contributed by atoms with Gasteiger partial charge in [0.05, 0.1) is 12.6 Å². The molecule has 0 saturated carbocycles. The zero-order valence-electron chi connectivity index (χ0n) is 15.5. The smallest absolute Gasteiger partial charge is 0.243 e.